The Labute approximate surface area is 114 Å². The molecule has 1 aromatic heterocycles. The van der Waals surface area contributed by atoms with Gasteiger partial charge in [0.05, 0.1) is 10.7 Å². The maximum absolute atomic E-state index is 13.2. The Hall–Kier alpha value is -1.57. The molecular formula is C11H11ClFN3O2S. The van der Waals surface area contributed by atoms with Crippen LogP contribution < -0.4 is 10.5 Å². The summed E-state index contributed by atoms with van der Waals surface area (Å²) < 4.78 is 39.5. The number of benzene rings is 1. The Bertz CT molecular complexity index is 700. The van der Waals surface area contributed by atoms with Gasteiger partial charge in [0.2, 0.25) is 0 Å². The minimum Gasteiger partial charge on any atom is -0.363 e. The molecule has 0 fully saturated rings. The van der Waals surface area contributed by atoms with Crippen LogP contribution in [0, 0.1) is 5.82 Å². The highest BCUT2D eigenvalue weighted by molar-refractivity contribution is 7.92. The zero-order valence-corrected chi connectivity index (χ0v) is 11.2. The van der Waals surface area contributed by atoms with Crippen molar-refractivity contribution in [3.05, 3.63) is 47.0 Å². The van der Waals surface area contributed by atoms with Crippen LogP contribution in [0.2, 0.25) is 5.02 Å². The van der Waals surface area contributed by atoms with Crippen LogP contribution in [0.15, 0.2) is 35.4 Å². The molecule has 19 heavy (non-hydrogen) atoms. The van der Waals surface area contributed by atoms with E-state index in [1.165, 1.54) is 24.4 Å². The van der Waals surface area contributed by atoms with Crippen LogP contribution in [0.4, 0.5) is 10.1 Å². The zero-order valence-electron chi connectivity index (χ0n) is 9.65. The molecule has 8 heteroatoms. The molecule has 1 heterocycles. The summed E-state index contributed by atoms with van der Waals surface area (Å²) in [6.45, 7) is 0.199. The Morgan fingerprint density at radius 1 is 1.37 bits per heavy atom. The summed E-state index contributed by atoms with van der Waals surface area (Å²) in [5.74, 6) is -0.696. The molecule has 0 aliphatic rings. The number of H-pyrrole nitrogens is 1. The second kappa shape index (κ2) is 5.20. The predicted molar refractivity (Wildman–Crippen MR) is 70.9 cm³/mol. The van der Waals surface area contributed by atoms with E-state index in [9.17, 15) is 12.8 Å². The number of halogens is 2. The number of hydrogen-bond acceptors (Lipinski definition) is 3. The first-order chi connectivity index (χ1) is 8.92. The van der Waals surface area contributed by atoms with Crippen molar-refractivity contribution in [3.8, 4) is 0 Å². The van der Waals surface area contributed by atoms with Gasteiger partial charge in [-0.3, -0.25) is 4.72 Å². The standard InChI is InChI=1S/C11H11ClFN3O2S/c12-10-2-1-7(4-11(10)13)16-19(17,18)9-3-8(5-14)15-6-9/h1-4,6,15-16H,5,14H2. The Morgan fingerprint density at radius 2 is 2.11 bits per heavy atom. The molecule has 0 saturated heterocycles. The number of rotatable bonds is 4. The van der Waals surface area contributed by atoms with Gasteiger partial charge in [0, 0.05) is 18.4 Å². The lowest BCUT2D eigenvalue weighted by Gasteiger charge is -2.06. The van der Waals surface area contributed by atoms with Gasteiger partial charge in [-0.25, -0.2) is 12.8 Å². The molecule has 0 spiro atoms. The van der Waals surface area contributed by atoms with Gasteiger partial charge in [-0.15, -0.1) is 0 Å². The highest BCUT2D eigenvalue weighted by Crippen LogP contribution is 2.21. The number of aromatic nitrogens is 1. The van der Waals surface area contributed by atoms with Crippen molar-refractivity contribution in [2.45, 2.75) is 11.4 Å². The fourth-order valence-corrected chi connectivity index (χ4v) is 2.65. The third-order valence-corrected chi connectivity index (χ3v) is 4.09. The molecule has 2 aromatic rings. The van der Waals surface area contributed by atoms with E-state index in [4.69, 9.17) is 17.3 Å². The van der Waals surface area contributed by atoms with E-state index in [0.29, 0.717) is 5.69 Å². The van der Waals surface area contributed by atoms with Crippen molar-refractivity contribution in [1.29, 1.82) is 0 Å². The number of nitrogens with two attached hydrogens (primary N) is 1. The van der Waals surface area contributed by atoms with E-state index in [0.717, 1.165) is 6.07 Å². The van der Waals surface area contributed by atoms with Crippen molar-refractivity contribution in [2.24, 2.45) is 5.73 Å². The molecule has 0 atom stereocenters. The number of sulfonamides is 1. The predicted octanol–water partition coefficient (Wildman–Crippen LogP) is 2.07. The van der Waals surface area contributed by atoms with E-state index in [2.05, 4.69) is 9.71 Å². The monoisotopic (exact) mass is 303 g/mol. The molecule has 0 bridgehead atoms. The summed E-state index contributed by atoms with van der Waals surface area (Å²) in [7, 11) is -3.78. The quantitative estimate of drug-likeness (QED) is 0.808. The van der Waals surface area contributed by atoms with Crippen LogP contribution in [-0.4, -0.2) is 13.4 Å². The van der Waals surface area contributed by atoms with Gasteiger partial charge in [-0.05, 0) is 24.3 Å². The minimum atomic E-state index is -3.78. The van der Waals surface area contributed by atoms with Gasteiger partial charge in [-0.2, -0.15) is 0 Å². The fraction of sp³-hybridized carbons (Fsp3) is 0.0909. The van der Waals surface area contributed by atoms with Crippen LogP contribution in [0.1, 0.15) is 5.69 Å². The normalized spacial score (nSPS) is 11.5. The molecule has 0 saturated carbocycles. The van der Waals surface area contributed by atoms with E-state index in [-0.39, 0.29) is 22.2 Å². The highest BCUT2D eigenvalue weighted by Gasteiger charge is 2.16. The largest absolute Gasteiger partial charge is 0.363 e. The van der Waals surface area contributed by atoms with Crippen molar-refractivity contribution in [3.63, 3.8) is 0 Å². The van der Waals surface area contributed by atoms with Gasteiger partial charge in [0.25, 0.3) is 10.0 Å². The van der Waals surface area contributed by atoms with Crippen LogP contribution >= 0.6 is 11.6 Å². The number of anilines is 1. The molecule has 4 N–H and O–H groups in total. The summed E-state index contributed by atoms with van der Waals surface area (Å²) in [5.41, 5.74) is 6.07. The van der Waals surface area contributed by atoms with Crippen LogP contribution in [0.25, 0.3) is 0 Å². The average molecular weight is 304 g/mol. The molecule has 0 aliphatic carbocycles. The topological polar surface area (TPSA) is 88.0 Å². The Kier molecular flexibility index (Phi) is 3.79. The second-order valence-corrected chi connectivity index (χ2v) is 5.89. The maximum atomic E-state index is 13.2. The molecule has 0 unspecified atom stereocenters. The lowest BCUT2D eigenvalue weighted by Crippen LogP contribution is -2.12. The lowest BCUT2D eigenvalue weighted by atomic mass is 10.3. The average Bonchev–Trinajstić information content (AvgIpc) is 2.83. The summed E-state index contributed by atoms with van der Waals surface area (Å²) in [5, 5.41) is -0.0741. The molecular weight excluding hydrogens is 293 g/mol. The van der Waals surface area contributed by atoms with Gasteiger partial charge in [0.1, 0.15) is 10.7 Å². The number of hydrogen-bond donors (Lipinski definition) is 3. The summed E-state index contributed by atoms with van der Waals surface area (Å²) in [6.07, 6.45) is 1.32. The van der Waals surface area contributed by atoms with E-state index < -0.39 is 15.8 Å². The maximum Gasteiger partial charge on any atom is 0.263 e. The van der Waals surface area contributed by atoms with E-state index in [1.807, 2.05) is 0 Å². The van der Waals surface area contributed by atoms with Gasteiger partial charge < -0.3 is 10.7 Å². The zero-order chi connectivity index (χ0) is 14.0. The van der Waals surface area contributed by atoms with Crippen LogP contribution in [0.3, 0.4) is 0 Å². The number of aromatic amines is 1. The van der Waals surface area contributed by atoms with E-state index >= 15 is 0 Å². The Balaban J connectivity index is 2.28. The lowest BCUT2D eigenvalue weighted by molar-refractivity contribution is 0.601. The highest BCUT2D eigenvalue weighted by atomic mass is 35.5. The molecule has 102 valence electrons. The summed E-state index contributed by atoms with van der Waals surface area (Å²) in [6, 6.07) is 5.07. The first kappa shape index (κ1) is 13.9. The smallest absolute Gasteiger partial charge is 0.263 e. The van der Waals surface area contributed by atoms with Gasteiger partial charge in [0.15, 0.2) is 0 Å². The third kappa shape index (κ3) is 3.06. The minimum absolute atomic E-state index is 0.0308. The van der Waals surface area contributed by atoms with Crippen LogP contribution in [-0.2, 0) is 16.6 Å². The van der Waals surface area contributed by atoms with Crippen molar-refractivity contribution < 1.29 is 12.8 Å². The third-order valence-electron chi connectivity index (χ3n) is 2.42. The summed E-state index contributed by atoms with van der Waals surface area (Å²) in [4.78, 5) is 2.76. The Morgan fingerprint density at radius 3 is 2.68 bits per heavy atom. The molecule has 2 rings (SSSR count). The first-order valence-corrected chi connectivity index (χ1v) is 7.14. The van der Waals surface area contributed by atoms with Crippen molar-refractivity contribution in [1.82, 2.24) is 4.98 Å². The molecule has 0 aliphatic heterocycles. The van der Waals surface area contributed by atoms with Crippen LogP contribution in [0.5, 0.6) is 0 Å². The SMILES string of the molecule is NCc1cc(S(=O)(=O)Nc2ccc(Cl)c(F)c2)c[nH]1. The second-order valence-electron chi connectivity index (χ2n) is 3.80. The van der Waals surface area contributed by atoms with Crippen molar-refractivity contribution in [2.75, 3.05) is 4.72 Å². The molecule has 5 nitrogen and oxygen atoms in total. The number of nitrogens with one attached hydrogen (secondary N) is 2. The molecule has 0 radical (unpaired) electrons. The van der Waals surface area contributed by atoms with Crippen molar-refractivity contribution >= 4 is 27.3 Å². The molecule has 1 aromatic carbocycles. The summed E-state index contributed by atoms with van der Waals surface area (Å²) >= 11 is 5.52. The van der Waals surface area contributed by atoms with Gasteiger partial charge in [-0.1, -0.05) is 11.6 Å². The molecule has 0 amide bonds. The van der Waals surface area contributed by atoms with E-state index in [1.54, 1.807) is 0 Å². The fourth-order valence-electron chi connectivity index (χ4n) is 1.47. The first-order valence-electron chi connectivity index (χ1n) is 5.27. The van der Waals surface area contributed by atoms with Gasteiger partial charge >= 0.3 is 0 Å².